The largest absolute Gasteiger partial charge is 0.349 e. The highest BCUT2D eigenvalue weighted by molar-refractivity contribution is 5.96. The van der Waals surface area contributed by atoms with Gasteiger partial charge in [-0.1, -0.05) is 42.0 Å². The Balaban J connectivity index is 1.14. The van der Waals surface area contributed by atoms with Crippen molar-refractivity contribution in [1.82, 2.24) is 15.5 Å². The van der Waals surface area contributed by atoms with Gasteiger partial charge in [0, 0.05) is 31.1 Å². The molecular formula is C28H35N3O3. The summed E-state index contributed by atoms with van der Waals surface area (Å²) in [5.41, 5.74) is 4.06. The van der Waals surface area contributed by atoms with Crippen molar-refractivity contribution in [3.8, 4) is 0 Å². The minimum atomic E-state index is -0.223. The van der Waals surface area contributed by atoms with Gasteiger partial charge < -0.3 is 10.6 Å². The Hall–Kier alpha value is -2.99. The van der Waals surface area contributed by atoms with Gasteiger partial charge in [-0.15, -0.1) is 0 Å². The molecule has 0 spiro atoms. The van der Waals surface area contributed by atoms with E-state index in [0.717, 1.165) is 24.2 Å². The van der Waals surface area contributed by atoms with Crippen molar-refractivity contribution in [2.75, 3.05) is 19.6 Å². The lowest BCUT2D eigenvalue weighted by Gasteiger charge is -2.46. The van der Waals surface area contributed by atoms with Crippen LogP contribution >= 0.6 is 0 Å². The van der Waals surface area contributed by atoms with Crippen molar-refractivity contribution in [1.29, 1.82) is 0 Å². The van der Waals surface area contributed by atoms with Crippen LogP contribution in [0.25, 0.3) is 0 Å². The van der Waals surface area contributed by atoms with Gasteiger partial charge in [-0.05, 0) is 68.7 Å². The molecule has 2 fully saturated rings. The first-order valence-corrected chi connectivity index (χ1v) is 12.3. The maximum atomic E-state index is 12.3. The summed E-state index contributed by atoms with van der Waals surface area (Å²) in [5.74, 6) is 0.433. The molecule has 1 saturated carbocycles. The van der Waals surface area contributed by atoms with Crippen LogP contribution in [0.5, 0.6) is 0 Å². The molecule has 2 aliphatic rings. The topological polar surface area (TPSA) is 78.5 Å². The SMILES string of the molecule is CC(=O)Cc1ccc([C@H]2CC[C@@H](N3CC(NC(=O)CNC(=O)c4cccc(C)c4)C3)CC2)cc1. The van der Waals surface area contributed by atoms with Gasteiger partial charge in [-0.2, -0.15) is 0 Å². The first kappa shape index (κ1) is 24.1. The van der Waals surface area contributed by atoms with Gasteiger partial charge in [-0.25, -0.2) is 0 Å². The Bertz CT molecular complexity index is 1020. The van der Waals surface area contributed by atoms with E-state index in [1.54, 1.807) is 13.0 Å². The third-order valence-corrected chi connectivity index (χ3v) is 7.08. The fraction of sp³-hybridized carbons (Fsp3) is 0.464. The highest BCUT2D eigenvalue weighted by Crippen LogP contribution is 2.36. The summed E-state index contributed by atoms with van der Waals surface area (Å²) < 4.78 is 0. The van der Waals surface area contributed by atoms with Gasteiger partial charge in [0.2, 0.25) is 5.91 Å². The van der Waals surface area contributed by atoms with Crippen LogP contribution in [0.4, 0.5) is 0 Å². The lowest BCUT2D eigenvalue weighted by Crippen LogP contribution is -2.63. The summed E-state index contributed by atoms with van der Waals surface area (Å²) in [5, 5.41) is 5.74. The van der Waals surface area contributed by atoms with Crippen molar-refractivity contribution < 1.29 is 14.4 Å². The van der Waals surface area contributed by atoms with Crippen molar-refractivity contribution in [2.45, 2.75) is 64.0 Å². The molecule has 2 aromatic rings. The van der Waals surface area contributed by atoms with Crippen LogP contribution in [0, 0.1) is 6.92 Å². The fourth-order valence-electron chi connectivity index (χ4n) is 5.20. The number of nitrogens with zero attached hydrogens (tertiary/aromatic N) is 1. The van der Waals surface area contributed by atoms with Crippen molar-refractivity contribution >= 4 is 17.6 Å². The molecule has 2 amide bonds. The number of hydrogen-bond acceptors (Lipinski definition) is 4. The first-order valence-electron chi connectivity index (χ1n) is 12.3. The molecule has 6 nitrogen and oxygen atoms in total. The number of likely N-dealkylation sites (tertiary alicyclic amines) is 1. The Morgan fingerprint density at radius 3 is 2.32 bits per heavy atom. The third kappa shape index (κ3) is 6.32. The number of aryl methyl sites for hydroxylation is 1. The smallest absolute Gasteiger partial charge is 0.251 e. The van der Waals surface area contributed by atoms with Crippen LogP contribution in [-0.4, -0.2) is 54.2 Å². The summed E-state index contributed by atoms with van der Waals surface area (Å²) in [4.78, 5) is 38.2. The minimum Gasteiger partial charge on any atom is -0.349 e. The molecular weight excluding hydrogens is 426 g/mol. The van der Waals surface area contributed by atoms with Gasteiger partial charge in [0.05, 0.1) is 12.6 Å². The van der Waals surface area contributed by atoms with E-state index in [1.807, 2.05) is 25.1 Å². The zero-order valence-corrected chi connectivity index (χ0v) is 20.2. The van der Waals surface area contributed by atoms with Crippen molar-refractivity contribution in [3.05, 3.63) is 70.8 Å². The molecule has 0 unspecified atom stereocenters. The second kappa shape index (κ2) is 11.0. The van der Waals surface area contributed by atoms with E-state index in [0.29, 0.717) is 23.9 Å². The van der Waals surface area contributed by atoms with Crippen LogP contribution in [-0.2, 0) is 16.0 Å². The van der Waals surface area contributed by atoms with Crippen LogP contribution in [0.2, 0.25) is 0 Å². The average Bonchev–Trinajstić information content (AvgIpc) is 2.80. The normalized spacial score (nSPS) is 20.9. The van der Waals surface area contributed by atoms with E-state index in [1.165, 1.54) is 31.2 Å². The highest BCUT2D eigenvalue weighted by atomic mass is 16.2. The Labute approximate surface area is 202 Å². The van der Waals surface area contributed by atoms with Gasteiger partial charge in [-0.3, -0.25) is 19.3 Å². The number of hydrogen-bond donors (Lipinski definition) is 2. The van der Waals surface area contributed by atoms with Crippen molar-refractivity contribution in [2.24, 2.45) is 0 Å². The number of ketones is 1. The maximum Gasteiger partial charge on any atom is 0.251 e. The molecule has 1 saturated heterocycles. The molecule has 0 aromatic heterocycles. The summed E-state index contributed by atoms with van der Waals surface area (Å²) in [7, 11) is 0. The molecule has 1 aliphatic heterocycles. The minimum absolute atomic E-state index is 0.000407. The quantitative estimate of drug-likeness (QED) is 0.632. The van der Waals surface area contributed by atoms with E-state index in [2.05, 4.69) is 39.8 Å². The Morgan fingerprint density at radius 2 is 1.68 bits per heavy atom. The molecule has 1 heterocycles. The molecule has 0 radical (unpaired) electrons. The summed E-state index contributed by atoms with van der Waals surface area (Å²) in [6.07, 6.45) is 5.21. The van der Waals surface area contributed by atoms with Gasteiger partial charge in [0.25, 0.3) is 5.91 Å². The second-order valence-corrected chi connectivity index (χ2v) is 9.90. The lowest BCUT2D eigenvalue weighted by atomic mass is 9.80. The average molecular weight is 462 g/mol. The number of carbonyl (C=O) groups excluding carboxylic acids is 3. The standard InChI is InChI=1S/C28H35N3O3/c1-19-4-3-5-24(14-19)28(34)29-16-27(33)30-25-17-31(18-25)26-12-10-23(11-13-26)22-8-6-21(7-9-22)15-20(2)32/h3-9,14,23,25-26H,10-13,15-18H2,1-2H3,(H,29,34)(H,30,33)/t23-,26+. The predicted molar refractivity (Wildman–Crippen MR) is 133 cm³/mol. The van der Waals surface area contributed by atoms with E-state index < -0.39 is 0 Å². The highest BCUT2D eigenvalue weighted by Gasteiger charge is 2.35. The molecule has 1 aliphatic carbocycles. The van der Waals surface area contributed by atoms with Gasteiger partial charge in [0.15, 0.2) is 0 Å². The summed E-state index contributed by atoms with van der Waals surface area (Å²) in [6.45, 7) is 5.33. The summed E-state index contributed by atoms with van der Waals surface area (Å²) >= 11 is 0. The van der Waals surface area contributed by atoms with E-state index in [9.17, 15) is 14.4 Å². The van der Waals surface area contributed by atoms with Crippen LogP contribution in [0.15, 0.2) is 48.5 Å². The number of carbonyl (C=O) groups is 3. The number of benzene rings is 2. The van der Waals surface area contributed by atoms with Crippen LogP contribution in [0.1, 0.15) is 65.6 Å². The monoisotopic (exact) mass is 461 g/mol. The summed E-state index contributed by atoms with van der Waals surface area (Å²) in [6, 6.07) is 16.7. The number of rotatable bonds is 8. The second-order valence-electron chi connectivity index (χ2n) is 9.90. The van der Waals surface area contributed by atoms with E-state index in [4.69, 9.17) is 0 Å². The Kier molecular flexibility index (Phi) is 7.78. The molecule has 6 heteroatoms. The number of Topliss-reactive ketones (excluding diaryl/α,β-unsaturated/α-hetero) is 1. The van der Waals surface area contributed by atoms with Crippen LogP contribution < -0.4 is 10.6 Å². The number of amides is 2. The van der Waals surface area contributed by atoms with Crippen molar-refractivity contribution in [3.63, 3.8) is 0 Å². The maximum absolute atomic E-state index is 12.3. The molecule has 2 N–H and O–H groups in total. The lowest BCUT2D eigenvalue weighted by molar-refractivity contribution is -0.122. The fourth-order valence-corrected chi connectivity index (χ4v) is 5.20. The first-order chi connectivity index (χ1) is 16.4. The van der Waals surface area contributed by atoms with E-state index in [-0.39, 0.29) is 30.2 Å². The molecule has 34 heavy (non-hydrogen) atoms. The molecule has 180 valence electrons. The zero-order chi connectivity index (χ0) is 24.1. The molecule has 0 bridgehead atoms. The van der Waals surface area contributed by atoms with Crippen LogP contribution in [0.3, 0.4) is 0 Å². The third-order valence-electron chi connectivity index (χ3n) is 7.08. The Morgan fingerprint density at radius 1 is 0.971 bits per heavy atom. The zero-order valence-electron chi connectivity index (χ0n) is 20.2. The van der Waals surface area contributed by atoms with Gasteiger partial charge in [0.1, 0.15) is 5.78 Å². The molecule has 0 atom stereocenters. The number of nitrogens with one attached hydrogen (secondary N) is 2. The van der Waals surface area contributed by atoms with E-state index >= 15 is 0 Å². The predicted octanol–water partition coefficient (Wildman–Crippen LogP) is 3.38. The molecule has 4 rings (SSSR count). The van der Waals surface area contributed by atoms with Gasteiger partial charge >= 0.3 is 0 Å². The molecule has 2 aromatic carbocycles.